The minimum atomic E-state index is -4.70. The number of aryl methyl sites for hydroxylation is 1. The highest BCUT2D eigenvalue weighted by Crippen LogP contribution is 2.21. The molecular weight excluding hydrogens is 226 g/mol. The predicted molar refractivity (Wildman–Crippen MR) is 51.7 cm³/mol. The number of hydrogen-bond donors (Lipinski definition) is 2. The van der Waals surface area contributed by atoms with Crippen molar-refractivity contribution < 1.29 is 22.7 Å². The molecule has 0 fully saturated rings. The lowest BCUT2D eigenvalue weighted by molar-refractivity contribution is -0.198. The van der Waals surface area contributed by atoms with Gasteiger partial charge in [0.05, 0.1) is 5.69 Å². The minimum Gasteiger partial charge on any atom is -0.382 e. The number of alkyl halides is 3. The molecule has 1 aromatic rings. The molecule has 0 aliphatic heterocycles. The molecule has 1 atom stereocenters. The van der Waals surface area contributed by atoms with Gasteiger partial charge in [-0.3, -0.25) is 0 Å². The SMILES string of the molecule is Cc1ccc(F)c(NCC(O)C(F)(F)F)c1. The van der Waals surface area contributed by atoms with Gasteiger partial charge < -0.3 is 10.4 Å². The van der Waals surface area contributed by atoms with Crippen molar-refractivity contribution in [3.63, 3.8) is 0 Å². The third-order valence-corrected chi connectivity index (χ3v) is 1.99. The normalized spacial score (nSPS) is 13.6. The average molecular weight is 237 g/mol. The van der Waals surface area contributed by atoms with Crippen LogP contribution in [0.3, 0.4) is 0 Å². The summed E-state index contributed by atoms with van der Waals surface area (Å²) in [6.45, 7) is 0.911. The second kappa shape index (κ2) is 4.69. The van der Waals surface area contributed by atoms with Crippen LogP contribution in [0.2, 0.25) is 0 Å². The van der Waals surface area contributed by atoms with Crippen molar-refractivity contribution >= 4 is 5.69 Å². The number of hydrogen-bond acceptors (Lipinski definition) is 2. The van der Waals surface area contributed by atoms with Gasteiger partial charge in [0.25, 0.3) is 0 Å². The maximum Gasteiger partial charge on any atom is 0.416 e. The van der Waals surface area contributed by atoms with E-state index in [0.29, 0.717) is 5.56 Å². The molecule has 2 N–H and O–H groups in total. The summed E-state index contributed by atoms with van der Waals surface area (Å²) in [5, 5.41) is 10.9. The van der Waals surface area contributed by atoms with E-state index in [4.69, 9.17) is 5.11 Å². The lowest BCUT2D eigenvalue weighted by Crippen LogP contribution is -2.35. The summed E-state index contributed by atoms with van der Waals surface area (Å²) in [7, 11) is 0. The van der Waals surface area contributed by atoms with Crippen LogP contribution in [0.4, 0.5) is 23.2 Å². The van der Waals surface area contributed by atoms with E-state index in [1.54, 1.807) is 6.92 Å². The number of rotatable bonds is 3. The Labute approximate surface area is 89.9 Å². The number of halogens is 4. The molecule has 0 aliphatic carbocycles. The zero-order valence-electron chi connectivity index (χ0n) is 8.48. The van der Waals surface area contributed by atoms with Crippen LogP contribution in [0.5, 0.6) is 0 Å². The standard InChI is InChI=1S/C10H11F4NO/c1-6-2-3-7(11)8(4-6)15-5-9(16)10(12,13)14/h2-4,9,15-16H,5H2,1H3. The van der Waals surface area contributed by atoms with Crippen molar-refractivity contribution in [2.45, 2.75) is 19.2 Å². The molecule has 0 spiro atoms. The Bertz CT molecular complexity index is 364. The molecular formula is C10H11F4NO. The highest BCUT2D eigenvalue weighted by Gasteiger charge is 2.37. The van der Waals surface area contributed by atoms with Crippen molar-refractivity contribution in [1.82, 2.24) is 0 Å². The lowest BCUT2D eigenvalue weighted by Gasteiger charge is -2.16. The maximum atomic E-state index is 13.1. The first-order valence-corrected chi connectivity index (χ1v) is 4.55. The Hall–Kier alpha value is -1.30. The first kappa shape index (κ1) is 12.8. The van der Waals surface area contributed by atoms with E-state index >= 15 is 0 Å². The van der Waals surface area contributed by atoms with Crippen molar-refractivity contribution in [2.24, 2.45) is 0 Å². The summed E-state index contributed by atoms with van der Waals surface area (Å²) in [6, 6.07) is 4.02. The first-order chi connectivity index (χ1) is 7.30. The molecule has 0 amide bonds. The topological polar surface area (TPSA) is 32.3 Å². The summed E-state index contributed by atoms with van der Waals surface area (Å²) in [6.07, 6.45) is -7.21. The molecule has 1 aromatic carbocycles. The quantitative estimate of drug-likeness (QED) is 0.791. The third-order valence-electron chi connectivity index (χ3n) is 1.99. The van der Waals surface area contributed by atoms with Gasteiger partial charge in [0.2, 0.25) is 0 Å². The Kier molecular flexibility index (Phi) is 3.74. The highest BCUT2D eigenvalue weighted by atomic mass is 19.4. The number of aliphatic hydroxyl groups excluding tert-OH is 1. The molecule has 90 valence electrons. The Morgan fingerprint density at radius 3 is 2.56 bits per heavy atom. The van der Waals surface area contributed by atoms with E-state index in [0.717, 1.165) is 6.07 Å². The predicted octanol–water partition coefficient (Wildman–Crippen LogP) is 2.47. The number of aliphatic hydroxyl groups is 1. The fourth-order valence-corrected chi connectivity index (χ4v) is 1.10. The monoisotopic (exact) mass is 237 g/mol. The van der Waals surface area contributed by atoms with Crippen molar-refractivity contribution in [2.75, 3.05) is 11.9 Å². The molecule has 1 rings (SSSR count). The summed E-state index contributed by atoms with van der Waals surface area (Å²) >= 11 is 0. The van der Waals surface area contributed by atoms with Crippen LogP contribution in [-0.4, -0.2) is 23.9 Å². The number of anilines is 1. The van der Waals surface area contributed by atoms with Crippen LogP contribution in [0.15, 0.2) is 18.2 Å². The summed E-state index contributed by atoms with van der Waals surface area (Å²) in [5.74, 6) is -0.653. The van der Waals surface area contributed by atoms with E-state index in [2.05, 4.69) is 5.32 Å². The molecule has 2 nitrogen and oxygen atoms in total. The molecule has 0 radical (unpaired) electrons. The molecule has 1 unspecified atom stereocenters. The molecule has 0 bridgehead atoms. The van der Waals surface area contributed by atoms with Gasteiger partial charge in [-0.1, -0.05) is 6.07 Å². The van der Waals surface area contributed by atoms with Gasteiger partial charge >= 0.3 is 6.18 Å². The maximum absolute atomic E-state index is 13.1. The number of benzene rings is 1. The smallest absolute Gasteiger partial charge is 0.382 e. The van der Waals surface area contributed by atoms with Crippen LogP contribution in [0, 0.1) is 12.7 Å². The second-order valence-corrected chi connectivity index (χ2v) is 3.42. The van der Waals surface area contributed by atoms with E-state index in [1.165, 1.54) is 12.1 Å². The van der Waals surface area contributed by atoms with E-state index in [9.17, 15) is 17.6 Å². The van der Waals surface area contributed by atoms with Gasteiger partial charge in [-0.2, -0.15) is 13.2 Å². The molecule has 0 aromatic heterocycles. The largest absolute Gasteiger partial charge is 0.416 e. The van der Waals surface area contributed by atoms with Crippen molar-refractivity contribution in [3.8, 4) is 0 Å². The second-order valence-electron chi connectivity index (χ2n) is 3.42. The Balaban J connectivity index is 2.64. The third kappa shape index (κ3) is 3.37. The van der Waals surface area contributed by atoms with Gasteiger partial charge in [-0.25, -0.2) is 4.39 Å². The average Bonchev–Trinajstić information content (AvgIpc) is 2.17. The zero-order valence-corrected chi connectivity index (χ0v) is 8.48. The summed E-state index contributed by atoms with van der Waals surface area (Å²) in [4.78, 5) is 0. The van der Waals surface area contributed by atoms with E-state index in [-0.39, 0.29) is 5.69 Å². The van der Waals surface area contributed by atoms with Crippen LogP contribution in [0.25, 0.3) is 0 Å². The van der Waals surface area contributed by atoms with E-state index in [1.807, 2.05) is 0 Å². The van der Waals surface area contributed by atoms with Gasteiger partial charge in [0.15, 0.2) is 6.10 Å². The minimum absolute atomic E-state index is 0.0525. The van der Waals surface area contributed by atoms with Gasteiger partial charge in [-0.15, -0.1) is 0 Å². The molecule has 0 heterocycles. The number of nitrogens with one attached hydrogen (secondary N) is 1. The Morgan fingerprint density at radius 1 is 1.38 bits per heavy atom. The van der Waals surface area contributed by atoms with Crippen molar-refractivity contribution in [3.05, 3.63) is 29.6 Å². The zero-order chi connectivity index (χ0) is 12.3. The molecule has 0 saturated carbocycles. The molecule has 0 saturated heterocycles. The van der Waals surface area contributed by atoms with Crippen molar-refractivity contribution in [1.29, 1.82) is 0 Å². The fourth-order valence-electron chi connectivity index (χ4n) is 1.10. The van der Waals surface area contributed by atoms with Gasteiger partial charge in [-0.05, 0) is 24.6 Å². The molecule has 16 heavy (non-hydrogen) atoms. The molecule has 6 heteroatoms. The fraction of sp³-hybridized carbons (Fsp3) is 0.400. The Morgan fingerprint density at radius 2 is 2.00 bits per heavy atom. The molecule has 0 aliphatic rings. The van der Waals surface area contributed by atoms with E-state index < -0.39 is 24.6 Å². The van der Waals surface area contributed by atoms with Crippen LogP contribution in [-0.2, 0) is 0 Å². The van der Waals surface area contributed by atoms with Crippen LogP contribution < -0.4 is 5.32 Å². The summed E-state index contributed by atoms with van der Waals surface area (Å²) in [5.41, 5.74) is 0.661. The highest BCUT2D eigenvalue weighted by molar-refractivity contribution is 5.47. The lowest BCUT2D eigenvalue weighted by atomic mass is 10.2. The van der Waals surface area contributed by atoms with Gasteiger partial charge in [0, 0.05) is 6.54 Å². The first-order valence-electron chi connectivity index (χ1n) is 4.55. The summed E-state index contributed by atoms with van der Waals surface area (Å²) < 4.78 is 48.9. The van der Waals surface area contributed by atoms with Crippen LogP contribution >= 0.6 is 0 Å². The van der Waals surface area contributed by atoms with Crippen LogP contribution in [0.1, 0.15) is 5.56 Å². The van der Waals surface area contributed by atoms with Gasteiger partial charge in [0.1, 0.15) is 5.82 Å².